The predicted molar refractivity (Wildman–Crippen MR) is 69.2 cm³/mol. The molecule has 6 heteroatoms. The number of carboxylic acid groups (broad SMARTS) is 1. The smallest absolute Gasteiger partial charge is 0.335 e. The lowest BCUT2D eigenvalue weighted by Gasteiger charge is -1.96. The first-order valence-corrected chi connectivity index (χ1v) is 5.52. The molecule has 2 aromatic carbocycles. The second-order valence-corrected chi connectivity index (χ2v) is 3.58. The number of benzene rings is 2. The van der Waals surface area contributed by atoms with Crippen molar-refractivity contribution in [3.63, 3.8) is 0 Å². The number of aromatic carboxylic acids is 1. The summed E-state index contributed by atoms with van der Waals surface area (Å²) in [6.45, 7) is 0. The lowest BCUT2D eigenvalue weighted by molar-refractivity contribution is 0.0697. The summed E-state index contributed by atoms with van der Waals surface area (Å²) in [6, 6.07) is 11.6. The summed E-state index contributed by atoms with van der Waals surface area (Å²) >= 11 is 5.11. The number of anilines is 1. The van der Waals surface area contributed by atoms with Gasteiger partial charge in [0.05, 0.1) is 11.3 Å². The van der Waals surface area contributed by atoms with E-state index < -0.39 is 17.6 Å². The van der Waals surface area contributed by atoms with Crippen molar-refractivity contribution in [2.45, 2.75) is 0 Å². The van der Waals surface area contributed by atoms with Gasteiger partial charge in [0.15, 0.2) is 11.6 Å². The van der Waals surface area contributed by atoms with Crippen LogP contribution >= 0.6 is 11.8 Å². The van der Waals surface area contributed by atoms with Crippen LogP contribution in [-0.4, -0.2) is 11.1 Å². The lowest BCUT2D eigenvalue weighted by Crippen LogP contribution is -1.93. The van der Waals surface area contributed by atoms with Crippen molar-refractivity contribution in [1.29, 1.82) is 0 Å². The molecule has 0 saturated carbocycles. The molecular formula is C13H10ClF2NO2. The third-order valence-electron chi connectivity index (χ3n) is 2.05. The zero-order valence-corrected chi connectivity index (χ0v) is 10.4. The summed E-state index contributed by atoms with van der Waals surface area (Å²) in [4.78, 5) is 12.4. The van der Waals surface area contributed by atoms with Crippen molar-refractivity contribution in [3.05, 3.63) is 65.7 Å². The van der Waals surface area contributed by atoms with Crippen LogP contribution in [0.15, 0.2) is 48.5 Å². The molecule has 0 atom stereocenters. The Bertz CT molecular complexity index is 550. The largest absolute Gasteiger partial charge is 0.478 e. The summed E-state index contributed by atoms with van der Waals surface area (Å²) < 4.78 is 24.5. The van der Waals surface area contributed by atoms with E-state index >= 15 is 0 Å². The van der Waals surface area contributed by atoms with Gasteiger partial charge < -0.3 is 5.11 Å². The van der Waals surface area contributed by atoms with E-state index in [0.29, 0.717) is 11.3 Å². The van der Waals surface area contributed by atoms with Gasteiger partial charge in [-0.05, 0) is 24.3 Å². The molecule has 0 aliphatic carbocycles. The van der Waals surface area contributed by atoms with E-state index in [0.717, 1.165) is 12.1 Å². The number of hydrogen-bond donors (Lipinski definition) is 2. The number of hydrogen-bond acceptors (Lipinski definition) is 2. The van der Waals surface area contributed by atoms with Crippen molar-refractivity contribution in [3.8, 4) is 0 Å². The zero-order valence-electron chi connectivity index (χ0n) is 9.61. The van der Waals surface area contributed by atoms with Crippen molar-refractivity contribution in [1.82, 2.24) is 0 Å². The van der Waals surface area contributed by atoms with Gasteiger partial charge in [0, 0.05) is 17.8 Å². The molecule has 2 N–H and O–H groups in total. The molecule has 3 nitrogen and oxygen atoms in total. The highest BCUT2D eigenvalue weighted by Crippen LogP contribution is 2.13. The average Bonchev–Trinajstić information content (AvgIpc) is 2.43. The number of halogens is 3. The molecule has 0 amide bonds. The third-order valence-corrected chi connectivity index (χ3v) is 2.27. The number of rotatable bonds is 2. The summed E-state index contributed by atoms with van der Waals surface area (Å²) in [7, 11) is 0. The standard InChI is InChI=1S/C7H6O2.C6H4ClF2N/c8-7(9)6-4-2-1-3-5-6;7-10-4-1-2-5(8)6(9)3-4/h1-5H,(H,8,9);1-3,10H. The predicted octanol–water partition coefficient (Wildman–Crippen LogP) is 3.92. The molecule has 0 spiro atoms. The molecule has 2 rings (SSSR count). The van der Waals surface area contributed by atoms with Gasteiger partial charge in [0.1, 0.15) is 0 Å². The first-order chi connectivity index (χ1) is 9.04. The van der Waals surface area contributed by atoms with Crippen LogP contribution < -0.4 is 4.84 Å². The Kier molecular flexibility index (Phi) is 5.75. The van der Waals surface area contributed by atoms with E-state index in [4.69, 9.17) is 16.9 Å². The second-order valence-electron chi connectivity index (χ2n) is 3.39. The van der Waals surface area contributed by atoms with Crippen LogP contribution in [0, 0.1) is 11.6 Å². The fourth-order valence-electron chi connectivity index (χ4n) is 1.14. The minimum Gasteiger partial charge on any atom is -0.478 e. The van der Waals surface area contributed by atoms with Crippen LogP contribution in [0.4, 0.5) is 14.5 Å². The Morgan fingerprint density at radius 1 is 1.05 bits per heavy atom. The molecule has 0 aliphatic rings. The molecule has 0 bridgehead atoms. The van der Waals surface area contributed by atoms with E-state index in [2.05, 4.69) is 4.84 Å². The Morgan fingerprint density at radius 2 is 1.68 bits per heavy atom. The maximum atomic E-state index is 12.3. The Balaban J connectivity index is 0.000000191. The molecule has 0 unspecified atom stereocenters. The van der Waals surface area contributed by atoms with E-state index in [1.165, 1.54) is 6.07 Å². The van der Waals surface area contributed by atoms with Crippen LogP contribution in [0.25, 0.3) is 0 Å². The van der Waals surface area contributed by atoms with Gasteiger partial charge in [-0.3, -0.25) is 4.84 Å². The van der Waals surface area contributed by atoms with Crippen LogP contribution in [0.5, 0.6) is 0 Å². The topological polar surface area (TPSA) is 49.3 Å². The zero-order chi connectivity index (χ0) is 14.3. The number of carboxylic acids is 1. The van der Waals surface area contributed by atoms with Crippen molar-refractivity contribution >= 4 is 23.4 Å². The molecule has 100 valence electrons. The molecule has 0 saturated heterocycles. The summed E-state index contributed by atoms with van der Waals surface area (Å²) in [5.74, 6) is -2.67. The van der Waals surface area contributed by atoms with Gasteiger partial charge in [0.2, 0.25) is 0 Å². The summed E-state index contributed by atoms with van der Waals surface area (Å²) in [6.07, 6.45) is 0. The highest BCUT2D eigenvalue weighted by Gasteiger charge is 2.00. The molecule has 19 heavy (non-hydrogen) atoms. The fraction of sp³-hybridized carbons (Fsp3) is 0. The van der Waals surface area contributed by atoms with Crippen molar-refractivity contribution in [2.24, 2.45) is 0 Å². The van der Waals surface area contributed by atoms with Crippen LogP contribution in [-0.2, 0) is 0 Å². The third kappa shape index (κ3) is 4.93. The molecule has 0 heterocycles. The molecule has 2 aromatic rings. The normalized spacial score (nSPS) is 9.21. The molecule has 0 aliphatic heterocycles. The molecular weight excluding hydrogens is 276 g/mol. The first-order valence-electron chi connectivity index (χ1n) is 5.14. The maximum Gasteiger partial charge on any atom is 0.335 e. The van der Waals surface area contributed by atoms with Gasteiger partial charge in [-0.25, -0.2) is 13.6 Å². The highest BCUT2D eigenvalue weighted by molar-refractivity contribution is 6.23. The van der Waals surface area contributed by atoms with Gasteiger partial charge in [-0.2, -0.15) is 0 Å². The Morgan fingerprint density at radius 3 is 2.11 bits per heavy atom. The number of carbonyl (C=O) groups is 1. The lowest BCUT2D eigenvalue weighted by atomic mass is 10.2. The second kappa shape index (κ2) is 7.33. The maximum absolute atomic E-state index is 12.3. The SMILES string of the molecule is Fc1ccc(NCl)cc1F.O=C(O)c1ccccc1. The fourth-order valence-corrected chi connectivity index (χ4v) is 1.25. The van der Waals surface area contributed by atoms with Crippen molar-refractivity contribution in [2.75, 3.05) is 4.84 Å². The monoisotopic (exact) mass is 285 g/mol. The van der Waals surface area contributed by atoms with E-state index in [1.807, 2.05) is 0 Å². The highest BCUT2D eigenvalue weighted by atomic mass is 35.5. The van der Waals surface area contributed by atoms with E-state index in [9.17, 15) is 13.6 Å². The Labute approximate surface area is 113 Å². The van der Waals surface area contributed by atoms with Crippen molar-refractivity contribution < 1.29 is 18.7 Å². The molecule has 0 radical (unpaired) electrons. The van der Waals surface area contributed by atoms with Gasteiger partial charge >= 0.3 is 5.97 Å². The minimum atomic E-state index is -0.911. The average molecular weight is 286 g/mol. The van der Waals surface area contributed by atoms with Gasteiger partial charge in [-0.15, -0.1) is 0 Å². The van der Waals surface area contributed by atoms with Crippen LogP contribution in [0.2, 0.25) is 0 Å². The first kappa shape index (κ1) is 14.9. The summed E-state index contributed by atoms with van der Waals surface area (Å²) in [5.41, 5.74) is 0.665. The van der Waals surface area contributed by atoms with Crippen LogP contribution in [0.1, 0.15) is 10.4 Å². The molecule has 0 aromatic heterocycles. The molecule has 0 fully saturated rings. The quantitative estimate of drug-likeness (QED) is 0.822. The van der Waals surface area contributed by atoms with Gasteiger partial charge in [0.25, 0.3) is 0 Å². The van der Waals surface area contributed by atoms with E-state index in [-0.39, 0.29) is 0 Å². The summed E-state index contributed by atoms with van der Waals surface area (Å²) in [5, 5.41) is 8.38. The number of nitrogens with one attached hydrogen (secondary N) is 1. The van der Waals surface area contributed by atoms with Gasteiger partial charge in [-0.1, -0.05) is 18.2 Å². The van der Waals surface area contributed by atoms with E-state index in [1.54, 1.807) is 30.3 Å². The minimum absolute atomic E-state index is 0.331. The van der Waals surface area contributed by atoms with Crippen LogP contribution in [0.3, 0.4) is 0 Å². The Hall–Kier alpha value is -2.14.